The van der Waals surface area contributed by atoms with Crippen LogP contribution in [-0.2, 0) is 4.74 Å². The zero-order chi connectivity index (χ0) is 19.7. The van der Waals surface area contributed by atoms with Crippen LogP contribution in [0.1, 0.15) is 27.6 Å². The van der Waals surface area contributed by atoms with E-state index in [1.54, 1.807) is 49.5 Å². The molecule has 140 valence electrons. The number of carbonyl (C=O) groups excluding carboxylic acids is 2. The van der Waals surface area contributed by atoms with Crippen LogP contribution in [0.2, 0.25) is 0 Å². The predicted octanol–water partition coefficient (Wildman–Crippen LogP) is 3.44. The van der Waals surface area contributed by atoms with E-state index in [4.69, 9.17) is 4.74 Å². The number of benzene rings is 2. The minimum atomic E-state index is -0.608. The molecule has 2 aromatic carbocycles. The summed E-state index contributed by atoms with van der Waals surface area (Å²) >= 11 is 0. The third-order valence-corrected chi connectivity index (χ3v) is 4.47. The third-order valence-electron chi connectivity index (χ3n) is 4.47. The van der Waals surface area contributed by atoms with Crippen LogP contribution in [0.3, 0.4) is 0 Å². The Balaban J connectivity index is 1.76. The Bertz CT molecular complexity index is 1270. The van der Waals surface area contributed by atoms with E-state index in [1.165, 1.54) is 6.20 Å². The van der Waals surface area contributed by atoms with Crippen molar-refractivity contribution in [2.24, 2.45) is 0 Å². The van der Waals surface area contributed by atoms with Gasteiger partial charge in [0, 0.05) is 34.2 Å². The molecule has 1 amide bonds. The fraction of sp³-hybridized carbons (Fsp3) is 0.0952. The number of carbonyl (C=O) groups is 2. The van der Waals surface area contributed by atoms with E-state index >= 15 is 0 Å². The number of hydrogen-bond donors (Lipinski definition) is 3. The van der Waals surface area contributed by atoms with Gasteiger partial charge < -0.3 is 20.0 Å². The van der Waals surface area contributed by atoms with Crippen molar-refractivity contribution in [3.63, 3.8) is 0 Å². The molecule has 0 saturated heterocycles. The monoisotopic (exact) mass is 375 g/mol. The number of ether oxygens (including phenoxy) is 1. The van der Waals surface area contributed by atoms with Crippen molar-refractivity contribution in [1.82, 2.24) is 9.97 Å². The SMILES string of the molecule is CCOC(=O)c1cc2cc[nH]c2cc1NC(=O)c1c[nH]c2ccccc2c1=O. The van der Waals surface area contributed by atoms with Gasteiger partial charge in [0.1, 0.15) is 5.56 Å². The molecule has 0 aliphatic rings. The first-order valence-electron chi connectivity index (χ1n) is 8.78. The van der Waals surface area contributed by atoms with E-state index < -0.39 is 11.9 Å². The third kappa shape index (κ3) is 3.03. The van der Waals surface area contributed by atoms with Gasteiger partial charge in [-0.1, -0.05) is 12.1 Å². The topological polar surface area (TPSA) is 104 Å². The number of amides is 1. The minimum Gasteiger partial charge on any atom is -0.462 e. The molecule has 0 radical (unpaired) electrons. The second kappa shape index (κ2) is 7.03. The van der Waals surface area contributed by atoms with Gasteiger partial charge in [-0.2, -0.15) is 0 Å². The highest BCUT2D eigenvalue weighted by molar-refractivity contribution is 6.10. The zero-order valence-corrected chi connectivity index (χ0v) is 15.0. The highest BCUT2D eigenvalue weighted by atomic mass is 16.5. The van der Waals surface area contributed by atoms with Crippen LogP contribution in [0.15, 0.2) is 59.7 Å². The summed E-state index contributed by atoms with van der Waals surface area (Å²) in [6, 6.07) is 12.1. The Labute approximate surface area is 159 Å². The minimum absolute atomic E-state index is 0.0416. The summed E-state index contributed by atoms with van der Waals surface area (Å²) in [5.41, 5.74) is 1.45. The molecule has 0 atom stereocenters. The van der Waals surface area contributed by atoms with Gasteiger partial charge in [-0.05, 0) is 37.3 Å². The average molecular weight is 375 g/mol. The number of H-pyrrole nitrogens is 2. The molecule has 2 aromatic heterocycles. The lowest BCUT2D eigenvalue weighted by Crippen LogP contribution is -2.23. The highest BCUT2D eigenvalue weighted by Crippen LogP contribution is 2.25. The fourth-order valence-electron chi connectivity index (χ4n) is 3.11. The number of nitrogens with one attached hydrogen (secondary N) is 3. The summed E-state index contributed by atoms with van der Waals surface area (Å²) in [4.78, 5) is 43.8. The van der Waals surface area contributed by atoms with E-state index in [-0.39, 0.29) is 28.8 Å². The van der Waals surface area contributed by atoms with Crippen molar-refractivity contribution in [3.8, 4) is 0 Å². The van der Waals surface area contributed by atoms with Crippen molar-refractivity contribution in [1.29, 1.82) is 0 Å². The zero-order valence-electron chi connectivity index (χ0n) is 15.0. The first kappa shape index (κ1) is 17.5. The number of fused-ring (bicyclic) bond motifs is 2. The van der Waals surface area contributed by atoms with E-state index in [0.29, 0.717) is 10.9 Å². The second-order valence-electron chi connectivity index (χ2n) is 6.21. The maximum absolute atomic E-state index is 12.8. The van der Waals surface area contributed by atoms with Gasteiger partial charge in [0.2, 0.25) is 5.43 Å². The number of rotatable bonds is 4. The number of para-hydroxylation sites is 1. The number of pyridine rings is 1. The predicted molar refractivity (Wildman–Crippen MR) is 107 cm³/mol. The Kier molecular flexibility index (Phi) is 4.41. The van der Waals surface area contributed by atoms with Crippen LogP contribution >= 0.6 is 0 Å². The van der Waals surface area contributed by atoms with Gasteiger partial charge >= 0.3 is 5.97 Å². The van der Waals surface area contributed by atoms with Gasteiger partial charge in [0.05, 0.1) is 17.9 Å². The maximum Gasteiger partial charge on any atom is 0.340 e. The molecule has 0 aliphatic carbocycles. The van der Waals surface area contributed by atoms with E-state index in [1.807, 2.05) is 6.07 Å². The summed E-state index contributed by atoms with van der Waals surface area (Å²) in [6.45, 7) is 1.92. The van der Waals surface area contributed by atoms with Gasteiger partial charge in [-0.15, -0.1) is 0 Å². The smallest absolute Gasteiger partial charge is 0.340 e. The van der Waals surface area contributed by atoms with Crippen LogP contribution < -0.4 is 10.7 Å². The van der Waals surface area contributed by atoms with Crippen molar-refractivity contribution in [2.75, 3.05) is 11.9 Å². The first-order chi connectivity index (χ1) is 13.6. The number of esters is 1. The average Bonchev–Trinajstić information content (AvgIpc) is 3.15. The normalized spacial score (nSPS) is 10.9. The number of aromatic amines is 2. The van der Waals surface area contributed by atoms with E-state index in [0.717, 1.165) is 10.9 Å². The Hall–Kier alpha value is -3.87. The Morgan fingerprint density at radius 2 is 1.86 bits per heavy atom. The lowest BCUT2D eigenvalue weighted by Gasteiger charge is -2.11. The molecule has 4 rings (SSSR count). The summed E-state index contributed by atoms with van der Waals surface area (Å²) in [7, 11) is 0. The molecule has 0 spiro atoms. The molecule has 0 bridgehead atoms. The van der Waals surface area contributed by atoms with Crippen LogP contribution in [-0.4, -0.2) is 28.5 Å². The molecule has 7 nitrogen and oxygen atoms in total. The molecule has 0 unspecified atom stereocenters. The molecule has 4 aromatic rings. The van der Waals surface area contributed by atoms with Gasteiger partial charge in [-0.25, -0.2) is 4.79 Å². The number of hydrogen-bond acceptors (Lipinski definition) is 4. The highest BCUT2D eigenvalue weighted by Gasteiger charge is 2.19. The Morgan fingerprint density at radius 1 is 1.04 bits per heavy atom. The Morgan fingerprint density at radius 3 is 2.68 bits per heavy atom. The van der Waals surface area contributed by atoms with Crippen LogP contribution in [0, 0.1) is 0 Å². The summed E-state index contributed by atoms with van der Waals surface area (Å²) in [6.07, 6.45) is 3.11. The molecule has 3 N–H and O–H groups in total. The molecule has 2 heterocycles. The van der Waals surface area contributed by atoms with Crippen molar-refractivity contribution in [2.45, 2.75) is 6.92 Å². The lowest BCUT2D eigenvalue weighted by molar-refractivity contribution is 0.0528. The fourth-order valence-corrected chi connectivity index (χ4v) is 3.11. The quantitative estimate of drug-likeness (QED) is 0.475. The first-order valence-corrected chi connectivity index (χ1v) is 8.78. The van der Waals surface area contributed by atoms with Crippen molar-refractivity contribution < 1.29 is 14.3 Å². The number of anilines is 1. The molecule has 0 aliphatic heterocycles. The van der Waals surface area contributed by atoms with E-state index in [9.17, 15) is 14.4 Å². The molecule has 0 saturated carbocycles. The molecule has 0 fully saturated rings. The van der Waals surface area contributed by atoms with E-state index in [2.05, 4.69) is 15.3 Å². The second-order valence-corrected chi connectivity index (χ2v) is 6.21. The molecule has 7 heteroatoms. The van der Waals surface area contributed by atoms with Crippen LogP contribution in [0.4, 0.5) is 5.69 Å². The van der Waals surface area contributed by atoms with Crippen LogP contribution in [0.5, 0.6) is 0 Å². The lowest BCUT2D eigenvalue weighted by atomic mass is 10.1. The van der Waals surface area contributed by atoms with Crippen molar-refractivity contribution in [3.05, 3.63) is 76.2 Å². The molecular formula is C21H17N3O4. The maximum atomic E-state index is 12.8. The van der Waals surface area contributed by atoms with Crippen LogP contribution in [0.25, 0.3) is 21.8 Å². The summed E-state index contributed by atoms with van der Waals surface area (Å²) in [5, 5.41) is 3.90. The summed E-state index contributed by atoms with van der Waals surface area (Å²) in [5.74, 6) is -1.16. The largest absolute Gasteiger partial charge is 0.462 e. The van der Waals surface area contributed by atoms with Gasteiger partial charge in [-0.3, -0.25) is 9.59 Å². The molecule has 28 heavy (non-hydrogen) atoms. The van der Waals surface area contributed by atoms with Gasteiger partial charge in [0.25, 0.3) is 5.91 Å². The molecular weight excluding hydrogens is 358 g/mol. The van der Waals surface area contributed by atoms with Crippen molar-refractivity contribution >= 4 is 39.4 Å². The standard InChI is InChI=1S/C21H17N3O4/c1-2-28-21(27)14-9-12-7-8-22-17(12)10-18(14)24-20(26)15-11-23-16-6-4-3-5-13(16)19(15)25/h3-11,22H,2H2,1H3,(H,23,25)(H,24,26). The summed E-state index contributed by atoms with van der Waals surface area (Å²) < 4.78 is 5.09. The van der Waals surface area contributed by atoms with Gasteiger partial charge in [0.15, 0.2) is 0 Å². The number of aromatic nitrogens is 2.